The molecule has 0 spiro atoms. The third-order valence-electron chi connectivity index (χ3n) is 10.1. The van der Waals surface area contributed by atoms with Crippen LogP contribution in [0.25, 0.3) is 0 Å². The maximum Gasteiger partial charge on any atom is 0.334 e. The zero-order chi connectivity index (χ0) is 59.4. The van der Waals surface area contributed by atoms with Crippen LogP contribution >= 0.6 is 19.4 Å². The van der Waals surface area contributed by atoms with E-state index in [2.05, 4.69) is 138 Å². The molecule has 0 bridgehead atoms. The van der Waals surface area contributed by atoms with Crippen LogP contribution in [-0.2, 0) is 27.7 Å². The summed E-state index contributed by atoms with van der Waals surface area (Å²) >= 11 is -2.00. The molecule has 0 saturated carbocycles. The van der Waals surface area contributed by atoms with Gasteiger partial charge >= 0.3 is 163 Å². The maximum absolute atomic E-state index is 11.7. The first-order valence-electron chi connectivity index (χ1n) is 25.5. The fourth-order valence-electron chi connectivity index (χ4n) is 6.73. The molecule has 1 amide bonds. The summed E-state index contributed by atoms with van der Waals surface area (Å²) in [5.41, 5.74) is 10.1. The molecule has 440 valence electrons. The molecule has 3 aromatic carbocycles. The molecule has 3 aromatic rings. The number of benzene rings is 3. The number of anilines is 3. The Kier molecular flexibility index (Phi) is 41.0. The third-order valence-corrected chi connectivity index (χ3v) is 12.0. The molecule has 19 heteroatoms. The number of halogens is 10. The number of para-hydroxylation sites is 2. The zero-order valence-corrected chi connectivity index (χ0v) is 50.6. The number of ether oxygens (including phenoxy) is 4. The molecule has 1 fully saturated rings. The summed E-state index contributed by atoms with van der Waals surface area (Å²) in [5.74, 6) is 3.04. The summed E-state index contributed by atoms with van der Waals surface area (Å²) < 4.78 is 106. The van der Waals surface area contributed by atoms with Gasteiger partial charge in [-0.2, -0.15) is 41.8 Å². The van der Waals surface area contributed by atoms with Gasteiger partial charge in [-0.3, -0.25) is 0 Å². The van der Waals surface area contributed by atoms with Gasteiger partial charge in [-0.15, -0.1) is 0 Å². The van der Waals surface area contributed by atoms with Crippen LogP contribution in [-0.4, -0.2) is 49.7 Å². The molecule has 77 heavy (non-hydrogen) atoms. The minimum atomic E-state index is -2.91. The number of amides is 1. The third kappa shape index (κ3) is 34.1. The smallest absolute Gasteiger partial charge is 0.334 e. The van der Waals surface area contributed by atoms with E-state index in [0.717, 1.165) is 44.5 Å². The molecule has 0 atom stereocenters. The molecular formula is C58H84Cl2F8N3O5Ru-. The standard InChI is InChI=1S/C27H39N2.C15H21NO3.C6H10F2O.C6H12O.C2F4.C2H2F2.2ClH.Ru/c1-18(2)22-11-9-12-23(19(3)4)26(22)28-15-16-29(17-28)27-24(20(5)6)13-10-14-25(27)21(7)8;1-10(2)9-18-15(17)16-13-6-7-14(12(5)8-13)19-11(3)4;1-2-3-4-9-5-6(7)8;1-3-5-6-7-4-2;3-1(4)2(5)6;1-2(3)4;;;/h9-14,17-21H,15-16H2,1-8H3;5-8,10-11H,9H2,1-4H3,(H,16,17);5H,2-4H2,1H3;4H,2-3,5-6H2,1H3;;1H2;2*1H;/q-1;;;;;;;;+2/p-2. The van der Waals surface area contributed by atoms with Crippen LogP contribution in [0.4, 0.5) is 57.0 Å². The predicted octanol–water partition coefficient (Wildman–Crippen LogP) is 20.3. The number of nitrogens with one attached hydrogen (secondary N) is 1. The molecular weight excluding hydrogens is 1140 g/mol. The first-order valence-corrected chi connectivity index (χ1v) is 31.0. The number of hydrogen-bond acceptors (Lipinski definition) is 7. The first-order chi connectivity index (χ1) is 36.1. The normalized spacial score (nSPS) is 11.6. The fraction of sp³-hybridized carbons (Fsp3) is 0.500. The summed E-state index contributed by atoms with van der Waals surface area (Å²) in [6.07, 6.45) is -3.80. The van der Waals surface area contributed by atoms with Gasteiger partial charge in [0, 0.05) is 24.5 Å². The number of unbranched alkanes of at least 4 members (excludes halogenated alkanes) is 2. The van der Waals surface area contributed by atoms with E-state index in [0.29, 0.717) is 54.6 Å². The summed E-state index contributed by atoms with van der Waals surface area (Å²) in [6.45, 7) is 42.0. The second-order valence-corrected chi connectivity index (χ2v) is 24.6. The average Bonchev–Trinajstić information content (AvgIpc) is 3.83. The molecule has 0 radical (unpaired) electrons. The zero-order valence-electron chi connectivity index (χ0n) is 47.3. The van der Waals surface area contributed by atoms with E-state index in [1.54, 1.807) is 22.8 Å². The summed E-state index contributed by atoms with van der Waals surface area (Å²) in [7, 11) is 11.9. The minimum absolute atomic E-state index is 0.0354. The molecule has 0 aliphatic carbocycles. The minimum Gasteiger partial charge on any atom is -0.502 e. The van der Waals surface area contributed by atoms with Crippen LogP contribution in [0.15, 0.2) is 105 Å². The van der Waals surface area contributed by atoms with Gasteiger partial charge in [0.2, 0.25) is 0 Å². The van der Waals surface area contributed by atoms with Crippen molar-refractivity contribution >= 4 is 47.1 Å². The van der Waals surface area contributed by atoms with Crippen molar-refractivity contribution in [3.8, 4) is 5.75 Å². The van der Waals surface area contributed by atoms with E-state index in [1.165, 1.54) is 46.3 Å². The summed E-state index contributed by atoms with van der Waals surface area (Å²) in [4.78, 5) is 16.7. The molecule has 1 saturated heterocycles. The quantitative estimate of drug-likeness (QED) is 0.0397. The van der Waals surface area contributed by atoms with E-state index in [9.17, 15) is 39.9 Å². The van der Waals surface area contributed by atoms with Crippen molar-refractivity contribution in [2.45, 2.75) is 152 Å². The van der Waals surface area contributed by atoms with Gasteiger partial charge in [0.05, 0.1) is 19.5 Å². The molecule has 1 heterocycles. The van der Waals surface area contributed by atoms with E-state index in [1.807, 2.05) is 34.6 Å². The van der Waals surface area contributed by atoms with Crippen LogP contribution in [0.1, 0.15) is 174 Å². The second-order valence-electron chi connectivity index (χ2n) is 18.9. The molecule has 0 aromatic heterocycles. The topological polar surface area (TPSA) is 72.5 Å². The Bertz CT molecular complexity index is 2110. The second kappa shape index (κ2) is 42.4. The molecule has 8 nitrogen and oxygen atoms in total. The van der Waals surface area contributed by atoms with Crippen molar-refractivity contribution in [2.24, 2.45) is 5.92 Å². The van der Waals surface area contributed by atoms with E-state index in [4.69, 9.17) is 33.6 Å². The maximum atomic E-state index is 11.7. The van der Waals surface area contributed by atoms with E-state index < -0.39 is 43.9 Å². The van der Waals surface area contributed by atoms with Gasteiger partial charge in [-0.1, -0.05) is 125 Å². The van der Waals surface area contributed by atoms with Crippen molar-refractivity contribution in [1.29, 1.82) is 0 Å². The Labute approximate surface area is 468 Å². The number of hydrogen-bond donors (Lipinski definition) is 1. The number of rotatable bonds is 20. The van der Waals surface area contributed by atoms with E-state index >= 15 is 0 Å². The monoisotopic (exact) mass is 1230 g/mol. The molecule has 4 rings (SSSR count). The fourth-order valence-corrected chi connectivity index (χ4v) is 8.52. The molecule has 1 aliphatic heterocycles. The number of carbonyl (C=O) groups excluding carboxylic acids is 1. The van der Waals surface area contributed by atoms with Crippen molar-refractivity contribution in [3.05, 3.63) is 139 Å². The Morgan fingerprint density at radius 2 is 1.12 bits per heavy atom. The SMILES string of the molecule is C=C(F)F.C=COCCCC.CC(C)COC(=O)Nc1ccc(OC(C)C)c([CH]=[Ru]([Cl])[Cl])c1.CC(C)c1cccc(C(C)C)c1N1[CH-]N(c2c(C(C)C)cccc2C(C)C)CC1.CCCCOC=C(F)F.FC(F)=C(F)F. The van der Waals surface area contributed by atoms with Crippen molar-refractivity contribution in [1.82, 2.24) is 0 Å². The van der Waals surface area contributed by atoms with Crippen molar-refractivity contribution in [2.75, 3.05) is 48.0 Å². The number of nitrogens with zero attached hydrogens (tertiary/aromatic N) is 2. The molecule has 1 N–H and O–H groups in total. The van der Waals surface area contributed by atoms with E-state index in [-0.39, 0.29) is 12.0 Å². The average molecular weight is 1230 g/mol. The summed E-state index contributed by atoms with van der Waals surface area (Å²) in [6, 6.07) is 19.0. The van der Waals surface area contributed by atoms with Crippen LogP contribution < -0.4 is 19.9 Å². The van der Waals surface area contributed by atoms with Gasteiger partial charge in [0.25, 0.3) is 6.08 Å². The van der Waals surface area contributed by atoms with Crippen LogP contribution in [0.3, 0.4) is 0 Å². The van der Waals surface area contributed by atoms with Gasteiger partial charge in [0.15, 0.2) is 0 Å². The van der Waals surface area contributed by atoms with Gasteiger partial charge in [0.1, 0.15) is 6.26 Å². The molecule has 0 unspecified atom stereocenters. The van der Waals surface area contributed by atoms with Gasteiger partial charge < -0.3 is 19.3 Å². The van der Waals surface area contributed by atoms with Crippen LogP contribution in [0, 0.1) is 12.6 Å². The van der Waals surface area contributed by atoms with Crippen LogP contribution in [0.5, 0.6) is 5.75 Å². The Balaban J connectivity index is 0. The number of carbonyl (C=O) groups is 1. The predicted molar refractivity (Wildman–Crippen MR) is 302 cm³/mol. The Hall–Kier alpha value is -4.60. The van der Waals surface area contributed by atoms with Crippen molar-refractivity contribution in [3.63, 3.8) is 0 Å². The summed E-state index contributed by atoms with van der Waals surface area (Å²) in [5, 5.41) is 2.68. The van der Waals surface area contributed by atoms with Crippen molar-refractivity contribution < 1.29 is 72.4 Å². The Morgan fingerprint density at radius 1 is 0.701 bits per heavy atom. The molecule has 1 aliphatic rings. The van der Waals surface area contributed by atoms with Gasteiger partial charge in [-0.05, 0) is 65.3 Å². The Morgan fingerprint density at radius 3 is 1.44 bits per heavy atom. The largest absolute Gasteiger partial charge is 0.502 e. The van der Waals surface area contributed by atoms with Gasteiger partial charge in [-0.25, -0.2) is 0 Å². The van der Waals surface area contributed by atoms with Crippen LogP contribution in [0.2, 0.25) is 0 Å². The first kappa shape index (κ1) is 74.5.